The maximum atomic E-state index is 14.2. The molecule has 1 unspecified atom stereocenters. The van der Waals surface area contributed by atoms with Crippen molar-refractivity contribution in [2.75, 3.05) is 0 Å². The molecule has 0 amide bonds. The Hall–Kier alpha value is -3.68. The normalized spacial score (nSPS) is 11.7. The summed E-state index contributed by atoms with van der Waals surface area (Å²) in [5.74, 6) is -2.28. The van der Waals surface area contributed by atoms with Crippen molar-refractivity contribution in [1.82, 2.24) is 4.57 Å². The number of hydrogen-bond acceptors (Lipinski definition) is 4. The summed E-state index contributed by atoms with van der Waals surface area (Å²) in [5, 5.41) is 8.84. The van der Waals surface area contributed by atoms with Gasteiger partial charge in [0.1, 0.15) is 18.2 Å². The Morgan fingerprint density at radius 1 is 1.10 bits per heavy atom. The maximum absolute atomic E-state index is 14.2. The molecule has 0 saturated carbocycles. The van der Waals surface area contributed by atoms with Gasteiger partial charge in [-0.25, -0.2) is 13.6 Å². The number of benzene rings is 2. The summed E-state index contributed by atoms with van der Waals surface area (Å²) in [6.45, 7) is 1.44. The highest BCUT2D eigenvalue weighted by Gasteiger charge is 2.16. The number of hydrogen-bond donors (Lipinski definition) is 1. The summed E-state index contributed by atoms with van der Waals surface area (Å²) in [4.78, 5) is 23.2. The molecule has 2 aromatic carbocycles. The van der Waals surface area contributed by atoms with E-state index in [4.69, 9.17) is 14.6 Å². The summed E-state index contributed by atoms with van der Waals surface area (Å²) in [7, 11) is 0. The molecule has 6 nitrogen and oxygen atoms in total. The molecule has 0 fully saturated rings. The minimum Gasteiger partial charge on any atom is -0.489 e. The monoisotopic (exact) mass is 401 g/mol. The number of aliphatic carboxylic acids is 1. The third-order valence-electron chi connectivity index (χ3n) is 4.05. The highest BCUT2D eigenvalue weighted by molar-refractivity contribution is 5.72. The summed E-state index contributed by atoms with van der Waals surface area (Å²) in [6.07, 6.45) is 0.216. The fourth-order valence-electron chi connectivity index (χ4n) is 2.49. The quantitative estimate of drug-likeness (QED) is 0.655. The second kappa shape index (κ2) is 8.55. The minimum atomic E-state index is -1.22. The zero-order chi connectivity index (χ0) is 21.0. The van der Waals surface area contributed by atoms with Gasteiger partial charge >= 0.3 is 5.97 Å². The molecule has 0 saturated heterocycles. The van der Waals surface area contributed by atoms with Crippen LogP contribution in [-0.4, -0.2) is 21.7 Å². The van der Waals surface area contributed by atoms with Crippen molar-refractivity contribution in [2.24, 2.45) is 0 Å². The molecule has 150 valence electrons. The molecule has 0 spiro atoms. The number of ether oxygens (including phenoxy) is 2. The number of carboxylic acid groups (broad SMARTS) is 1. The molecule has 1 N–H and O–H groups in total. The zero-order valence-electron chi connectivity index (χ0n) is 15.3. The fraction of sp³-hybridized carbons (Fsp3) is 0.143. The lowest BCUT2D eigenvalue weighted by Crippen LogP contribution is -2.23. The average molecular weight is 401 g/mol. The van der Waals surface area contributed by atoms with Gasteiger partial charge in [-0.05, 0) is 42.8 Å². The van der Waals surface area contributed by atoms with E-state index in [0.29, 0.717) is 5.75 Å². The molecule has 0 aliphatic rings. The summed E-state index contributed by atoms with van der Waals surface area (Å²) >= 11 is 0. The first-order chi connectivity index (χ1) is 13.8. The van der Waals surface area contributed by atoms with Crippen LogP contribution < -0.4 is 15.0 Å². The molecule has 0 aliphatic heterocycles. The van der Waals surface area contributed by atoms with E-state index < -0.39 is 23.4 Å². The van der Waals surface area contributed by atoms with Crippen LogP contribution in [0.15, 0.2) is 65.6 Å². The van der Waals surface area contributed by atoms with Gasteiger partial charge in [-0.1, -0.05) is 12.1 Å². The smallest absolute Gasteiger partial charge is 0.344 e. The lowest BCUT2D eigenvalue weighted by atomic mass is 10.2. The lowest BCUT2D eigenvalue weighted by Gasteiger charge is -2.13. The van der Waals surface area contributed by atoms with Crippen LogP contribution in [0, 0.1) is 11.6 Å². The second-order valence-corrected chi connectivity index (χ2v) is 6.20. The predicted molar refractivity (Wildman–Crippen MR) is 100 cm³/mol. The van der Waals surface area contributed by atoms with Crippen LogP contribution in [0.4, 0.5) is 8.78 Å². The Morgan fingerprint density at radius 3 is 2.45 bits per heavy atom. The van der Waals surface area contributed by atoms with E-state index in [1.165, 1.54) is 48.0 Å². The van der Waals surface area contributed by atoms with Crippen LogP contribution in [0.5, 0.6) is 11.5 Å². The Kier molecular flexibility index (Phi) is 5.92. The summed E-state index contributed by atoms with van der Waals surface area (Å²) < 4.78 is 38.9. The highest BCUT2D eigenvalue weighted by atomic mass is 19.1. The number of halogens is 2. The van der Waals surface area contributed by atoms with Gasteiger partial charge < -0.3 is 14.6 Å². The molecule has 3 rings (SSSR count). The third kappa shape index (κ3) is 4.98. The second-order valence-electron chi connectivity index (χ2n) is 6.20. The van der Waals surface area contributed by atoms with Crippen molar-refractivity contribution in [2.45, 2.75) is 19.6 Å². The number of pyridine rings is 1. The van der Waals surface area contributed by atoms with Gasteiger partial charge in [0.15, 0.2) is 17.7 Å². The Bertz CT molecular complexity index is 1080. The van der Waals surface area contributed by atoms with Crippen molar-refractivity contribution in [3.05, 3.63) is 88.3 Å². The molecular formula is C21H17F2NO5. The van der Waals surface area contributed by atoms with Crippen molar-refractivity contribution in [3.8, 4) is 17.2 Å². The van der Waals surface area contributed by atoms with Crippen LogP contribution in [0.1, 0.15) is 12.5 Å². The number of carboxylic acids is 1. The highest BCUT2D eigenvalue weighted by Crippen LogP contribution is 2.22. The summed E-state index contributed by atoms with van der Waals surface area (Å²) in [6, 6.07) is 12.3. The molecule has 1 heterocycles. The molecule has 1 aromatic heterocycles. The van der Waals surface area contributed by atoms with Gasteiger partial charge in [0.05, 0.1) is 5.69 Å². The van der Waals surface area contributed by atoms with E-state index in [1.54, 1.807) is 18.2 Å². The van der Waals surface area contributed by atoms with E-state index in [2.05, 4.69) is 0 Å². The molecule has 1 atom stereocenters. The van der Waals surface area contributed by atoms with Crippen molar-refractivity contribution >= 4 is 5.97 Å². The van der Waals surface area contributed by atoms with Crippen molar-refractivity contribution < 1.29 is 28.2 Å². The first-order valence-electron chi connectivity index (χ1n) is 8.63. The van der Waals surface area contributed by atoms with Crippen LogP contribution in [0.2, 0.25) is 0 Å². The number of aromatic nitrogens is 1. The zero-order valence-corrected chi connectivity index (χ0v) is 15.3. The predicted octanol–water partition coefficient (Wildman–Crippen LogP) is 3.55. The van der Waals surface area contributed by atoms with Crippen LogP contribution in [-0.2, 0) is 11.4 Å². The molecule has 0 bridgehead atoms. The van der Waals surface area contributed by atoms with E-state index in [-0.39, 0.29) is 23.9 Å². The fourth-order valence-corrected chi connectivity index (χ4v) is 2.49. The Balaban J connectivity index is 1.74. The Labute approximate surface area is 164 Å². The van der Waals surface area contributed by atoms with Crippen LogP contribution in [0.25, 0.3) is 5.69 Å². The maximum Gasteiger partial charge on any atom is 0.344 e. The van der Waals surface area contributed by atoms with Gasteiger partial charge in [-0.2, -0.15) is 0 Å². The number of carbonyl (C=O) groups is 1. The molecule has 3 aromatic rings. The van der Waals surface area contributed by atoms with Crippen LogP contribution >= 0.6 is 0 Å². The molecule has 0 aliphatic carbocycles. The minimum absolute atomic E-state index is 0.159. The van der Waals surface area contributed by atoms with E-state index in [9.17, 15) is 18.4 Å². The largest absolute Gasteiger partial charge is 0.489 e. The van der Waals surface area contributed by atoms with Gasteiger partial charge in [0, 0.05) is 18.3 Å². The average Bonchev–Trinajstić information content (AvgIpc) is 2.69. The topological polar surface area (TPSA) is 77.8 Å². The molecule has 29 heavy (non-hydrogen) atoms. The van der Waals surface area contributed by atoms with Crippen molar-refractivity contribution in [1.29, 1.82) is 0 Å². The first-order valence-corrected chi connectivity index (χ1v) is 8.63. The standard InChI is InChI=1S/C21H17F2NO5/c1-13(21(26)27)29-19-7-6-16(10-18(19)23)24-9-8-17(11-20(24)25)28-12-14-2-4-15(22)5-3-14/h2-11,13H,12H2,1H3,(H,26,27). The van der Waals surface area contributed by atoms with Gasteiger partial charge in [0.25, 0.3) is 5.56 Å². The van der Waals surface area contributed by atoms with Crippen molar-refractivity contribution in [3.63, 3.8) is 0 Å². The van der Waals surface area contributed by atoms with E-state index in [0.717, 1.165) is 11.6 Å². The van der Waals surface area contributed by atoms with Gasteiger partial charge in [-0.15, -0.1) is 0 Å². The molecule has 8 heteroatoms. The Morgan fingerprint density at radius 2 is 1.83 bits per heavy atom. The molecular weight excluding hydrogens is 384 g/mol. The van der Waals surface area contributed by atoms with Crippen LogP contribution in [0.3, 0.4) is 0 Å². The van der Waals surface area contributed by atoms with Gasteiger partial charge in [0.2, 0.25) is 0 Å². The van der Waals surface area contributed by atoms with Gasteiger partial charge in [-0.3, -0.25) is 9.36 Å². The first kappa shape index (κ1) is 20.1. The third-order valence-corrected chi connectivity index (χ3v) is 4.05. The van der Waals surface area contributed by atoms with E-state index in [1.807, 2.05) is 0 Å². The van der Waals surface area contributed by atoms with E-state index >= 15 is 0 Å². The molecule has 0 radical (unpaired) electrons. The lowest BCUT2D eigenvalue weighted by molar-refractivity contribution is -0.144. The number of rotatable bonds is 7. The SMILES string of the molecule is CC(Oc1ccc(-n2ccc(OCc3ccc(F)cc3)cc2=O)cc1F)C(=O)O. The summed E-state index contributed by atoms with van der Waals surface area (Å²) in [5.41, 5.74) is 0.533. The number of nitrogens with zero attached hydrogens (tertiary/aromatic N) is 1.